The molecular weight excluding hydrogens is 432 g/mol. The number of thioether (sulfide) groups is 1. The third kappa shape index (κ3) is 6.24. The van der Waals surface area contributed by atoms with Crippen LogP contribution in [0.2, 0.25) is 5.02 Å². The van der Waals surface area contributed by atoms with Crippen molar-refractivity contribution < 1.29 is 9.53 Å². The van der Waals surface area contributed by atoms with Gasteiger partial charge in [0.05, 0.1) is 12.4 Å². The number of anilines is 1. The molecule has 2 aromatic carbocycles. The third-order valence-electron chi connectivity index (χ3n) is 4.72. The zero-order chi connectivity index (χ0) is 22.2. The summed E-state index contributed by atoms with van der Waals surface area (Å²) in [5.41, 5.74) is 2.64. The summed E-state index contributed by atoms with van der Waals surface area (Å²) in [7, 11) is 0. The Morgan fingerprint density at radius 2 is 1.94 bits per heavy atom. The Balaban J connectivity index is 1.64. The highest BCUT2D eigenvalue weighted by Crippen LogP contribution is 2.26. The number of carbonyl (C=O) groups is 1. The van der Waals surface area contributed by atoms with Gasteiger partial charge in [0.2, 0.25) is 5.91 Å². The summed E-state index contributed by atoms with van der Waals surface area (Å²) >= 11 is 7.39. The molecular formula is C23H27ClN4O2S. The van der Waals surface area contributed by atoms with E-state index in [1.807, 2.05) is 48.7 Å². The molecule has 1 N–H and O–H groups in total. The lowest BCUT2D eigenvalue weighted by atomic mass is 10.2. The molecule has 0 aliphatic carbocycles. The van der Waals surface area contributed by atoms with Crippen molar-refractivity contribution in [2.45, 2.75) is 45.3 Å². The summed E-state index contributed by atoms with van der Waals surface area (Å²) in [4.78, 5) is 12.4. The summed E-state index contributed by atoms with van der Waals surface area (Å²) in [6.45, 7) is 7.53. The number of hydrogen-bond acceptors (Lipinski definition) is 5. The van der Waals surface area contributed by atoms with Gasteiger partial charge in [-0.15, -0.1) is 10.2 Å². The molecule has 3 aromatic rings. The number of carbonyl (C=O) groups excluding carboxylic acids is 1. The third-order valence-corrected chi connectivity index (χ3v) is 5.92. The Morgan fingerprint density at radius 3 is 2.65 bits per heavy atom. The molecule has 3 rings (SSSR count). The normalized spacial score (nSPS) is 10.8. The fourth-order valence-electron chi connectivity index (χ4n) is 2.97. The van der Waals surface area contributed by atoms with Crippen LogP contribution in [-0.2, 0) is 11.3 Å². The quantitative estimate of drug-likeness (QED) is 0.305. The molecule has 31 heavy (non-hydrogen) atoms. The van der Waals surface area contributed by atoms with Gasteiger partial charge in [0, 0.05) is 22.8 Å². The van der Waals surface area contributed by atoms with Crippen molar-refractivity contribution in [2.24, 2.45) is 0 Å². The van der Waals surface area contributed by atoms with Crippen molar-refractivity contribution in [3.63, 3.8) is 0 Å². The smallest absolute Gasteiger partial charge is 0.234 e. The second-order valence-corrected chi connectivity index (χ2v) is 8.45. The van der Waals surface area contributed by atoms with Crippen LogP contribution in [0.25, 0.3) is 11.4 Å². The molecule has 0 saturated carbocycles. The van der Waals surface area contributed by atoms with E-state index in [1.54, 1.807) is 12.1 Å². The molecule has 0 radical (unpaired) electrons. The number of halogens is 1. The van der Waals surface area contributed by atoms with Crippen LogP contribution in [-0.4, -0.2) is 33.0 Å². The van der Waals surface area contributed by atoms with Gasteiger partial charge in [0.25, 0.3) is 0 Å². The average molecular weight is 459 g/mol. The molecule has 0 fully saturated rings. The van der Waals surface area contributed by atoms with Gasteiger partial charge in [-0.3, -0.25) is 4.79 Å². The fourth-order valence-corrected chi connectivity index (χ4v) is 3.95. The zero-order valence-electron chi connectivity index (χ0n) is 18.0. The first kappa shape index (κ1) is 23.2. The summed E-state index contributed by atoms with van der Waals surface area (Å²) in [5, 5.41) is 12.9. The first-order valence-electron chi connectivity index (χ1n) is 10.4. The van der Waals surface area contributed by atoms with E-state index >= 15 is 0 Å². The number of aryl methyl sites for hydroxylation is 1. The van der Waals surface area contributed by atoms with E-state index in [0.717, 1.165) is 47.8 Å². The van der Waals surface area contributed by atoms with Gasteiger partial charge >= 0.3 is 0 Å². The molecule has 1 amide bonds. The van der Waals surface area contributed by atoms with Crippen LogP contribution in [0.15, 0.2) is 47.6 Å². The number of nitrogens with zero attached hydrogens (tertiary/aromatic N) is 3. The maximum Gasteiger partial charge on any atom is 0.234 e. The molecule has 8 heteroatoms. The van der Waals surface area contributed by atoms with E-state index in [9.17, 15) is 4.79 Å². The first-order chi connectivity index (χ1) is 15.0. The Bertz CT molecular complexity index is 1020. The number of hydrogen-bond donors (Lipinski definition) is 1. The zero-order valence-corrected chi connectivity index (χ0v) is 19.6. The van der Waals surface area contributed by atoms with Crippen molar-refractivity contribution in [2.75, 3.05) is 17.7 Å². The highest BCUT2D eigenvalue weighted by Gasteiger charge is 2.15. The van der Waals surface area contributed by atoms with Gasteiger partial charge in [-0.2, -0.15) is 0 Å². The molecule has 0 saturated heterocycles. The molecule has 0 bridgehead atoms. The molecule has 0 unspecified atom stereocenters. The molecule has 0 aliphatic heterocycles. The SMILES string of the molecule is CCCCOc1ccc(-c2nnc(SCC(=O)Nc3cc(Cl)ccc3C)n2CC)cc1. The predicted molar refractivity (Wildman–Crippen MR) is 127 cm³/mol. The largest absolute Gasteiger partial charge is 0.494 e. The van der Waals surface area contributed by atoms with Crippen molar-refractivity contribution in [1.29, 1.82) is 0 Å². The van der Waals surface area contributed by atoms with E-state index in [1.165, 1.54) is 11.8 Å². The number of aromatic nitrogens is 3. The van der Waals surface area contributed by atoms with E-state index in [4.69, 9.17) is 16.3 Å². The second kappa shape index (κ2) is 11.2. The van der Waals surface area contributed by atoms with Crippen LogP contribution < -0.4 is 10.1 Å². The minimum atomic E-state index is -0.115. The van der Waals surface area contributed by atoms with Gasteiger partial charge in [0.15, 0.2) is 11.0 Å². The van der Waals surface area contributed by atoms with Crippen molar-refractivity contribution in [1.82, 2.24) is 14.8 Å². The van der Waals surface area contributed by atoms with E-state index in [-0.39, 0.29) is 11.7 Å². The van der Waals surface area contributed by atoms with E-state index < -0.39 is 0 Å². The molecule has 0 atom stereocenters. The van der Waals surface area contributed by atoms with Crippen LogP contribution in [0.1, 0.15) is 32.3 Å². The Kier molecular flexibility index (Phi) is 8.37. The second-order valence-electron chi connectivity index (χ2n) is 7.07. The molecule has 1 aromatic heterocycles. The van der Waals surface area contributed by atoms with Crippen LogP contribution >= 0.6 is 23.4 Å². The lowest BCUT2D eigenvalue weighted by Crippen LogP contribution is -2.15. The highest BCUT2D eigenvalue weighted by atomic mass is 35.5. The number of unbranched alkanes of at least 4 members (excludes halogenated alkanes) is 1. The summed E-state index contributed by atoms with van der Waals surface area (Å²) in [5.74, 6) is 1.74. The summed E-state index contributed by atoms with van der Waals surface area (Å²) in [6.07, 6.45) is 2.14. The van der Waals surface area contributed by atoms with E-state index in [0.29, 0.717) is 16.7 Å². The molecule has 0 spiro atoms. The Hall–Kier alpha value is -2.51. The minimum Gasteiger partial charge on any atom is -0.494 e. The minimum absolute atomic E-state index is 0.115. The number of nitrogens with one attached hydrogen (secondary N) is 1. The number of amides is 1. The van der Waals surface area contributed by atoms with Crippen LogP contribution in [0.5, 0.6) is 5.75 Å². The summed E-state index contributed by atoms with van der Waals surface area (Å²) in [6, 6.07) is 13.3. The molecule has 6 nitrogen and oxygen atoms in total. The maximum absolute atomic E-state index is 12.4. The number of rotatable bonds is 10. The van der Waals surface area contributed by atoms with Gasteiger partial charge < -0.3 is 14.6 Å². The molecule has 164 valence electrons. The topological polar surface area (TPSA) is 69.0 Å². The highest BCUT2D eigenvalue weighted by molar-refractivity contribution is 7.99. The van der Waals surface area contributed by atoms with Gasteiger partial charge in [0.1, 0.15) is 5.75 Å². The Labute approximate surface area is 192 Å². The lowest BCUT2D eigenvalue weighted by molar-refractivity contribution is -0.113. The van der Waals surface area contributed by atoms with Crippen molar-refractivity contribution >= 4 is 35.0 Å². The number of benzene rings is 2. The van der Waals surface area contributed by atoms with Gasteiger partial charge in [-0.25, -0.2) is 0 Å². The lowest BCUT2D eigenvalue weighted by Gasteiger charge is -2.10. The van der Waals surface area contributed by atoms with Crippen molar-refractivity contribution in [3.05, 3.63) is 53.1 Å². The molecule has 1 heterocycles. The number of ether oxygens (including phenoxy) is 1. The van der Waals surface area contributed by atoms with Crippen molar-refractivity contribution in [3.8, 4) is 17.1 Å². The van der Waals surface area contributed by atoms with Gasteiger partial charge in [-0.05, 0) is 62.2 Å². The van der Waals surface area contributed by atoms with Crippen LogP contribution in [0.4, 0.5) is 5.69 Å². The van der Waals surface area contributed by atoms with Gasteiger partial charge in [-0.1, -0.05) is 42.8 Å². The van der Waals surface area contributed by atoms with E-state index in [2.05, 4.69) is 22.4 Å². The fraction of sp³-hybridized carbons (Fsp3) is 0.348. The summed E-state index contributed by atoms with van der Waals surface area (Å²) < 4.78 is 7.74. The maximum atomic E-state index is 12.4. The van der Waals surface area contributed by atoms with Crippen LogP contribution in [0.3, 0.4) is 0 Å². The molecule has 0 aliphatic rings. The predicted octanol–water partition coefficient (Wildman–Crippen LogP) is 5.84. The van der Waals surface area contributed by atoms with Crippen LogP contribution in [0, 0.1) is 6.92 Å². The average Bonchev–Trinajstić information content (AvgIpc) is 3.18. The first-order valence-corrected chi connectivity index (χ1v) is 11.7. The monoisotopic (exact) mass is 458 g/mol. The standard InChI is InChI=1S/C23H27ClN4O2S/c1-4-6-13-30-19-11-8-17(9-12-19)22-26-27-23(28(22)5-2)31-15-21(29)25-20-14-18(24)10-7-16(20)3/h7-12,14H,4-6,13,15H2,1-3H3,(H,25,29). The Morgan fingerprint density at radius 1 is 1.16 bits per heavy atom.